The SMILES string of the molecule is CC(C)(C)c1cc(-c2cncc(-c3ccc(CC(=O)OCCN4CCCC4)cc3Cl)c2)ccn1. The van der Waals surface area contributed by atoms with Crippen LogP contribution in [0.3, 0.4) is 0 Å². The third-order valence-electron chi connectivity index (χ3n) is 6.16. The molecule has 3 aromatic rings. The Balaban J connectivity index is 1.44. The van der Waals surface area contributed by atoms with Crippen LogP contribution in [0.15, 0.2) is 55.0 Å². The Morgan fingerprint density at radius 3 is 2.53 bits per heavy atom. The lowest BCUT2D eigenvalue weighted by molar-refractivity contribution is -0.143. The molecule has 5 nitrogen and oxygen atoms in total. The molecule has 0 amide bonds. The molecule has 0 unspecified atom stereocenters. The van der Waals surface area contributed by atoms with Gasteiger partial charge < -0.3 is 4.74 Å². The summed E-state index contributed by atoms with van der Waals surface area (Å²) in [6, 6.07) is 11.9. The third-order valence-corrected chi connectivity index (χ3v) is 6.47. The van der Waals surface area contributed by atoms with Crippen molar-refractivity contribution in [2.75, 3.05) is 26.2 Å². The van der Waals surface area contributed by atoms with Crippen molar-refractivity contribution in [1.82, 2.24) is 14.9 Å². The number of pyridine rings is 2. The number of benzene rings is 1. The van der Waals surface area contributed by atoms with Crippen LogP contribution in [0.5, 0.6) is 0 Å². The van der Waals surface area contributed by atoms with Gasteiger partial charge in [-0.05, 0) is 61.3 Å². The summed E-state index contributed by atoms with van der Waals surface area (Å²) in [4.78, 5) is 23.6. The van der Waals surface area contributed by atoms with Crippen LogP contribution in [0.1, 0.15) is 44.9 Å². The maximum atomic E-state index is 12.3. The Morgan fingerprint density at radius 1 is 1.03 bits per heavy atom. The van der Waals surface area contributed by atoms with Crippen molar-refractivity contribution in [3.05, 3.63) is 71.3 Å². The molecule has 0 bridgehead atoms. The van der Waals surface area contributed by atoms with Gasteiger partial charge in [0.2, 0.25) is 0 Å². The predicted molar refractivity (Wildman–Crippen MR) is 137 cm³/mol. The fraction of sp³-hybridized carbons (Fsp3) is 0.393. The summed E-state index contributed by atoms with van der Waals surface area (Å²) < 4.78 is 5.42. The highest BCUT2D eigenvalue weighted by Gasteiger charge is 2.17. The molecule has 34 heavy (non-hydrogen) atoms. The summed E-state index contributed by atoms with van der Waals surface area (Å²) in [5.41, 5.74) is 5.72. The van der Waals surface area contributed by atoms with E-state index in [1.54, 1.807) is 0 Å². The summed E-state index contributed by atoms with van der Waals surface area (Å²) in [6.07, 6.45) is 8.18. The zero-order valence-electron chi connectivity index (χ0n) is 20.2. The van der Waals surface area contributed by atoms with Crippen molar-refractivity contribution >= 4 is 17.6 Å². The highest BCUT2D eigenvalue weighted by Crippen LogP contribution is 2.32. The van der Waals surface area contributed by atoms with E-state index in [1.165, 1.54) is 12.8 Å². The summed E-state index contributed by atoms with van der Waals surface area (Å²) in [6.45, 7) is 9.90. The fourth-order valence-corrected chi connectivity index (χ4v) is 4.49. The molecule has 0 atom stereocenters. The van der Waals surface area contributed by atoms with E-state index in [2.05, 4.69) is 47.8 Å². The number of halogens is 1. The normalized spacial score (nSPS) is 14.4. The molecular weight excluding hydrogens is 446 g/mol. The Hall–Kier alpha value is -2.76. The van der Waals surface area contributed by atoms with Gasteiger partial charge in [-0.15, -0.1) is 0 Å². The first-order valence-electron chi connectivity index (χ1n) is 11.9. The number of esters is 1. The first-order chi connectivity index (χ1) is 16.3. The second-order valence-corrected chi connectivity index (χ2v) is 10.3. The minimum absolute atomic E-state index is 0.0322. The number of hydrogen-bond acceptors (Lipinski definition) is 5. The maximum absolute atomic E-state index is 12.3. The summed E-state index contributed by atoms with van der Waals surface area (Å²) >= 11 is 6.62. The van der Waals surface area contributed by atoms with E-state index < -0.39 is 0 Å². The van der Waals surface area contributed by atoms with E-state index in [0.717, 1.165) is 53.1 Å². The van der Waals surface area contributed by atoms with Crippen molar-refractivity contribution in [2.45, 2.75) is 45.4 Å². The molecule has 0 saturated carbocycles. The minimum Gasteiger partial charge on any atom is -0.464 e. The van der Waals surface area contributed by atoms with Gasteiger partial charge >= 0.3 is 5.97 Å². The van der Waals surface area contributed by atoms with Gasteiger partial charge in [-0.2, -0.15) is 0 Å². The molecule has 6 heteroatoms. The zero-order chi connectivity index (χ0) is 24.1. The molecule has 1 fully saturated rings. The lowest BCUT2D eigenvalue weighted by atomic mass is 9.90. The van der Waals surface area contributed by atoms with Gasteiger partial charge in [-0.1, -0.05) is 44.5 Å². The van der Waals surface area contributed by atoms with Crippen molar-refractivity contribution < 1.29 is 9.53 Å². The molecule has 4 rings (SSSR count). The van der Waals surface area contributed by atoms with Gasteiger partial charge in [0.05, 0.1) is 6.42 Å². The second kappa shape index (κ2) is 10.7. The van der Waals surface area contributed by atoms with E-state index in [1.807, 2.05) is 42.9 Å². The van der Waals surface area contributed by atoms with Gasteiger partial charge in [0.25, 0.3) is 0 Å². The van der Waals surface area contributed by atoms with Crippen LogP contribution in [0.2, 0.25) is 5.02 Å². The van der Waals surface area contributed by atoms with Gasteiger partial charge in [0.15, 0.2) is 0 Å². The number of carbonyl (C=O) groups is 1. The Morgan fingerprint density at radius 2 is 1.79 bits per heavy atom. The number of nitrogens with zero attached hydrogens (tertiary/aromatic N) is 3. The quantitative estimate of drug-likeness (QED) is 0.394. The summed E-state index contributed by atoms with van der Waals surface area (Å²) in [5.74, 6) is -0.223. The average molecular weight is 478 g/mol. The first kappa shape index (κ1) is 24.4. The van der Waals surface area contributed by atoms with Gasteiger partial charge in [-0.3, -0.25) is 19.7 Å². The lowest BCUT2D eigenvalue weighted by Gasteiger charge is -2.18. The average Bonchev–Trinajstić information content (AvgIpc) is 3.32. The van der Waals surface area contributed by atoms with Crippen LogP contribution in [0.25, 0.3) is 22.3 Å². The second-order valence-electron chi connectivity index (χ2n) is 9.90. The van der Waals surface area contributed by atoms with Gasteiger partial charge in [0, 0.05) is 58.0 Å². The summed E-state index contributed by atoms with van der Waals surface area (Å²) in [5, 5.41) is 0.589. The molecule has 1 aliphatic heterocycles. The van der Waals surface area contributed by atoms with E-state index >= 15 is 0 Å². The van der Waals surface area contributed by atoms with Crippen LogP contribution in [0.4, 0.5) is 0 Å². The highest BCUT2D eigenvalue weighted by atomic mass is 35.5. The van der Waals surface area contributed by atoms with Gasteiger partial charge in [-0.25, -0.2) is 0 Å². The summed E-state index contributed by atoms with van der Waals surface area (Å²) in [7, 11) is 0. The number of aromatic nitrogens is 2. The van der Waals surface area contributed by atoms with Crippen LogP contribution in [-0.2, 0) is 21.4 Å². The molecule has 1 aromatic carbocycles. The number of hydrogen-bond donors (Lipinski definition) is 0. The molecule has 0 N–H and O–H groups in total. The van der Waals surface area contributed by atoms with Gasteiger partial charge in [0.1, 0.15) is 6.61 Å². The highest BCUT2D eigenvalue weighted by molar-refractivity contribution is 6.33. The minimum atomic E-state index is -0.223. The number of likely N-dealkylation sites (tertiary alicyclic amines) is 1. The number of ether oxygens (including phenoxy) is 1. The van der Waals surface area contributed by atoms with E-state index in [-0.39, 0.29) is 17.8 Å². The topological polar surface area (TPSA) is 55.3 Å². The first-order valence-corrected chi connectivity index (χ1v) is 12.3. The molecule has 178 valence electrons. The van der Waals surface area contributed by atoms with Crippen molar-refractivity contribution in [3.8, 4) is 22.3 Å². The fourth-order valence-electron chi connectivity index (χ4n) is 4.18. The van der Waals surface area contributed by atoms with Crippen molar-refractivity contribution in [2.24, 2.45) is 0 Å². The van der Waals surface area contributed by atoms with E-state index in [0.29, 0.717) is 11.6 Å². The molecule has 1 aliphatic rings. The Bertz CT molecular complexity index is 1150. The molecule has 1 saturated heterocycles. The van der Waals surface area contributed by atoms with Crippen LogP contribution in [-0.4, -0.2) is 47.1 Å². The molecule has 0 radical (unpaired) electrons. The smallest absolute Gasteiger partial charge is 0.310 e. The monoisotopic (exact) mass is 477 g/mol. The maximum Gasteiger partial charge on any atom is 0.310 e. The number of carbonyl (C=O) groups excluding carboxylic acids is 1. The standard InChI is InChI=1S/C28H32ClN3O2/c1-28(2,3)26-17-21(8-9-31-26)22-16-23(19-30-18-22)24-7-6-20(14-25(24)29)15-27(33)34-13-12-32-10-4-5-11-32/h6-9,14,16-19H,4-5,10-13,15H2,1-3H3. The molecule has 0 aliphatic carbocycles. The Labute approximate surface area is 207 Å². The van der Waals surface area contributed by atoms with Crippen LogP contribution < -0.4 is 0 Å². The molecule has 2 aromatic heterocycles. The largest absolute Gasteiger partial charge is 0.464 e. The molecule has 3 heterocycles. The van der Waals surface area contributed by atoms with Crippen LogP contribution >= 0.6 is 11.6 Å². The molecule has 0 spiro atoms. The van der Waals surface area contributed by atoms with E-state index in [4.69, 9.17) is 16.3 Å². The van der Waals surface area contributed by atoms with Crippen molar-refractivity contribution in [1.29, 1.82) is 0 Å². The van der Waals surface area contributed by atoms with Crippen molar-refractivity contribution in [3.63, 3.8) is 0 Å². The number of rotatable bonds is 7. The predicted octanol–water partition coefficient (Wildman–Crippen LogP) is 5.94. The lowest BCUT2D eigenvalue weighted by Crippen LogP contribution is -2.25. The molecular formula is C28H32ClN3O2. The van der Waals surface area contributed by atoms with Crippen LogP contribution in [0, 0.1) is 0 Å². The Kier molecular flexibility index (Phi) is 7.64. The third kappa shape index (κ3) is 6.22. The van der Waals surface area contributed by atoms with E-state index in [9.17, 15) is 4.79 Å². The zero-order valence-corrected chi connectivity index (χ0v) is 20.9.